The Labute approximate surface area is 137 Å². The molecule has 0 aliphatic carbocycles. The van der Waals surface area contributed by atoms with Crippen LogP contribution in [0, 0.1) is 12.3 Å². The molecular weight excluding hydrogens is 306 g/mol. The van der Waals surface area contributed by atoms with Crippen molar-refractivity contribution in [1.29, 1.82) is 0 Å². The number of ether oxygens (including phenoxy) is 1. The van der Waals surface area contributed by atoms with Gasteiger partial charge in [0, 0.05) is 25.5 Å². The maximum absolute atomic E-state index is 12.4. The molecular formula is C15H26ClN3O3. The van der Waals surface area contributed by atoms with Crippen LogP contribution in [0.4, 0.5) is 0 Å². The van der Waals surface area contributed by atoms with Crippen molar-refractivity contribution >= 4 is 18.3 Å². The van der Waals surface area contributed by atoms with E-state index in [4.69, 9.17) is 9.26 Å². The molecule has 1 aromatic rings. The molecule has 0 radical (unpaired) electrons. The van der Waals surface area contributed by atoms with E-state index in [-0.39, 0.29) is 23.7 Å². The zero-order valence-corrected chi connectivity index (χ0v) is 14.3. The van der Waals surface area contributed by atoms with Gasteiger partial charge in [-0.05, 0) is 32.9 Å². The van der Waals surface area contributed by atoms with Gasteiger partial charge in [-0.1, -0.05) is 12.1 Å². The molecule has 2 rings (SSSR count). The molecule has 126 valence electrons. The minimum atomic E-state index is -0.0976. The summed E-state index contributed by atoms with van der Waals surface area (Å²) in [7, 11) is 1.71. The first kappa shape index (κ1) is 18.9. The first-order chi connectivity index (χ1) is 10.1. The molecule has 0 spiro atoms. The summed E-state index contributed by atoms with van der Waals surface area (Å²) in [4.78, 5) is 12.4. The predicted octanol–water partition coefficient (Wildman–Crippen LogP) is 1.71. The van der Waals surface area contributed by atoms with Gasteiger partial charge in [0.05, 0.1) is 12.3 Å². The zero-order chi connectivity index (χ0) is 15.3. The third-order valence-corrected chi connectivity index (χ3v) is 4.22. The van der Waals surface area contributed by atoms with Crippen molar-refractivity contribution in [3.05, 3.63) is 17.0 Å². The molecule has 0 saturated carbocycles. The van der Waals surface area contributed by atoms with Crippen LogP contribution in [0.1, 0.15) is 41.6 Å². The van der Waals surface area contributed by atoms with Crippen molar-refractivity contribution in [1.82, 2.24) is 15.8 Å². The number of aryl methyl sites for hydroxylation is 2. The summed E-state index contributed by atoms with van der Waals surface area (Å²) in [6, 6.07) is 0. The van der Waals surface area contributed by atoms with Gasteiger partial charge in [-0.25, -0.2) is 0 Å². The number of hydrogen-bond acceptors (Lipinski definition) is 5. The smallest absolute Gasteiger partial charge is 0.256 e. The number of carbonyl (C=O) groups excluding carboxylic acids is 1. The fourth-order valence-electron chi connectivity index (χ4n) is 2.94. The van der Waals surface area contributed by atoms with Crippen LogP contribution in [0.3, 0.4) is 0 Å². The molecule has 0 bridgehead atoms. The van der Waals surface area contributed by atoms with Crippen LogP contribution in [0.2, 0.25) is 0 Å². The number of amides is 1. The van der Waals surface area contributed by atoms with Gasteiger partial charge < -0.3 is 19.9 Å². The van der Waals surface area contributed by atoms with E-state index in [9.17, 15) is 4.79 Å². The molecule has 1 aromatic heterocycles. The Morgan fingerprint density at radius 1 is 1.45 bits per heavy atom. The lowest BCUT2D eigenvalue weighted by molar-refractivity contribution is 0.0511. The average Bonchev–Trinajstić information content (AvgIpc) is 2.87. The van der Waals surface area contributed by atoms with Gasteiger partial charge in [-0.3, -0.25) is 4.79 Å². The number of carbonyl (C=O) groups is 1. The zero-order valence-electron chi connectivity index (χ0n) is 13.5. The summed E-state index contributed by atoms with van der Waals surface area (Å²) in [5.74, 6) is 0.552. The van der Waals surface area contributed by atoms with E-state index in [2.05, 4.69) is 15.8 Å². The van der Waals surface area contributed by atoms with E-state index >= 15 is 0 Å². The van der Waals surface area contributed by atoms with Crippen LogP contribution in [-0.2, 0) is 11.2 Å². The lowest BCUT2D eigenvalue weighted by Crippen LogP contribution is -2.47. The van der Waals surface area contributed by atoms with Crippen LogP contribution in [0.15, 0.2) is 4.52 Å². The predicted molar refractivity (Wildman–Crippen MR) is 86.6 cm³/mol. The Bertz CT molecular complexity index is 479. The lowest BCUT2D eigenvalue weighted by Gasteiger charge is -2.37. The van der Waals surface area contributed by atoms with Gasteiger partial charge in [0.25, 0.3) is 5.91 Å². The molecule has 0 atom stereocenters. The fourth-order valence-corrected chi connectivity index (χ4v) is 2.94. The van der Waals surface area contributed by atoms with Crippen molar-refractivity contribution in [2.75, 3.05) is 33.4 Å². The second-order valence-electron chi connectivity index (χ2n) is 5.79. The van der Waals surface area contributed by atoms with Gasteiger partial charge in [-0.2, -0.15) is 0 Å². The molecule has 1 aliphatic rings. The topological polar surface area (TPSA) is 76.4 Å². The molecule has 0 unspecified atom stereocenters. The summed E-state index contributed by atoms with van der Waals surface area (Å²) >= 11 is 0. The van der Waals surface area contributed by atoms with Gasteiger partial charge in [-0.15, -0.1) is 12.4 Å². The van der Waals surface area contributed by atoms with E-state index in [1.807, 2.05) is 6.92 Å². The van der Waals surface area contributed by atoms with Crippen molar-refractivity contribution in [2.24, 2.45) is 5.41 Å². The highest BCUT2D eigenvalue weighted by Gasteiger charge is 2.33. The largest absolute Gasteiger partial charge is 0.384 e. The van der Waals surface area contributed by atoms with Crippen molar-refractivity contribution in [3.63, 3.8) is 0 Å². The number of aromatic nitrogens is 1. The quantitative estimate of drug-likeness (QED) is 0.830. The van der Waals surface area contributed by atoms with Crippen LogP contribution >= 0.6 is 12.4 Å². The molecule has 7 heteroatoms. The van der Waals surface area contributed by atoms with E-state index in [1.54, 1.807) is 14.0 Å². The van der Waals surface area contributed by atoms with E-state index in [0.717, 1.165) is 25.9 Å². The Morgan fingerprint density at radius 3 is 2.73 bits per heavy atom. The number of piperidine rings is 1. The van der Waals surface area contributed by atoms with Crippen LogP contribution < -0.4 is 10.6 Å². The van der Waals surface area contributed by atoms with Gasteiger partial charge >= 0.3 is 0 Å². The normalized spacial score (nSPS) is 16.9. The maximum atomic E-state index is 12.4. The summed E-state index contributed by atoms with van der Waals surface area (Å²) < 4.78 is 10.6. The third kappa shape index (κ3) is 4.21. The molecule has 1 aliphatic heterocycles. The maximum Gasteiger partial charge on any atom is 0.256 e. The Hall–Kier alpha value is -1.11. The van der Waals surface area contributed by atoms with Gasteiger partial charge in [0.1, 0.15) is 11.3 Å². The molecule has 1 saturated heterocycles. The Morgan fingerprint density at radius 2 is 2.14 bits per heavy atom. The molecule has 22 heavy (non-hydrogen) atoms. The number of methoxy groups -OCH3 is 1. The Balaban J connectivity index is 0.00000242. The summed E-state index contributed by atoms with van der Waals surface area (Å²) in [5, 5.41) is 10.3. The number of nitrogens with one attached hydrogen (secondary N) is 2. The summed E-state index contributed by atoms with van der Waals surface area (Å²) in [6.45, 7) is 6.97. The van der Waals surface area contributed by atoms with E-state index < -0.39 is 0 Å². The average molecular weight is 332 g/mol. The van der Waals surface area contributed by atoms with Crippen molar-refractivity contribution in [3.8, 4) is 0 Å². The minimum Gasteiger partial charge on any atom is -0.384 e. The standard InChI is InChI=1S/C15H25N3O3.ClH/c1-4-12-13(11(2)18-21-12)14(19)17-9-15(10-20-3)5-7-16-8-6-15;/h16H,4-10H2,1-3H3,(H,17,19);1H. The first-order valence-electron chi connectivity index (χ1n) is 7.55. The van der Waals surface area contributed by atoms with Gasteiger partial charge in [0.2, 0.25) is 0 Å². The SMILES string of the molecule is CCc1onc(C)c1C(=O)NCC1(COC)CCNCC1.Cl. The fraction of sp³-hybridized carbons (Fsp3) is 0.733. The third-order valence-electron chi connectivity index (χ3n) is 4.22. The highest BCUT2D eigenvalue weighted by molar-refractivity contribution is 5.96. The monoisotopic (exact) mass is 331 g/mol. The number of nitrogens with zero attached hydrogens (tertiary/aromatic N) is 1. The van der Waals surface area contributed by atoms with Gasteiger partial charge in [0.15, 0.2) is 0 Å². The van der Waals surface area contributed by atoms with Crippen LogP contribution in [0.5, 0.6) is 0 Å². The number of halogens is 1. The van der Waals surface area contributed by atoms with Crippen LogP contribution in [0.25, 0.3) is 0 Å². The molecule has 6 nitrogen and oxygen atoms in total. The lowest BCUT2D eigenvalue weighted by atomic mass is 9.79. The summed E-state index contributed by atoms with van der Waals surface area (Å²) in [5.41, 5.74) is 1.25. The second kappa shape index (κ2) is 8.50. The first-order valence-corrected chi connectivity index (χ1v) is 7.55. The molecule has 0 aromatic carbocycles. The highest BCUT2D eigenvalue weighted by Crippen LogP contribution is 2.28. The molecule has 2 N–H and O–H groups in total. The molecule has 1 amide bonds. The van der Waals surface area contributed by atoms with Crippen molar-refractivity contribution in [2.45, 2.75) is 33.1 Å². The summed E-state index contributed by atoms with van der Waals surface area (Å²) in [6.07, 6.45) is 2.67. The number of hydrogen-bond donors (Lipinski definition) is 2. The Kier molecular flexibility index (Phi) is 7.32. The number of rotatable bonds is 6. The second-order valence-corrected chi connectivity index (χ2v) is 5.79. The van der Waals surface area contributed by atoms with Crippen LogP contribution in [-0.4, -0.2) is 44.4 Å². The van der Waals surface area contributed by atoms with E-state index in [1.165, 1.54) is 0 Å². The molecule has 2 heterocycles. The highest BCUT2D eigenvalue weighted by atomic mass is 35.5. The molecule has 1 fully saturated rings. The van der Waals surface area contributed by atoms with Crippen molar-refractivity contribution < 1.29 is 14.1 Å². The van der Waals surface area contributed by atoms with E-state index in [0.29, 0.717) is 36.6 Å². The minimum absolute atomic E-state index is 0.